The first-order valence-corrected chi connectivity index (χ1v) is 9.65. The van der Waals surface area contributed by atoms with Crippen LogP contribution in [-0.2, 0) is 4.79 Å². The second-order valence-corrected chi connectivity index (χ2v) is 7.57. The second kappa shape index (κ2) is 7.50. The molecule has 1 saturated heterocycles. The number of carbonyl (C=O) groups excluding carboxylic acids is 1. The molecule has 130 valence electrons. The molecule has 0 spiro atoms. The van der Waals surface area contributed by atoms with Gasteiger partial charge in [0.05, 0.1) is 18.2 Å². The number of ether oxygens (including phenoxy) is 1. The van der Waals surface area contributed by atoms with E-state index in [2.05, 4.69) is 23.5 Å². The second-order valence-electron chi connectivity index (χ2n) is 6.43. The Hall–Kier alpha value is -1.98. The summed E-state index contributed by atoms with van der Waals surface area (Å²) < 4.78 is 5.85. The van der Waals surface area contributed by atoms with Crippen LogP contribution in [0.4, 0.5) is 5.69 Å². The van der Waals surface area contributed by atoms with Gasteiger partial charge >= 0.3 is 0 Å². The molecule has 25 heavy (non-hydrogen) atoms. The van der Waals surface area contributed by atoms with E-state index in [0.29, 0.717) is 13.2 Å². The van der Waals surface area contributed by atoms with Gasteiger partial charge < -0.3 is 15.0 Å². The van der Waals surface area contributed by atoms with Gasteiger partial charge in [0.25, 0.3) is 0 Å². The lowest BCUT2D eigenvalue weighted by molar-refractivity contribution is -0.123. The van der Waals surface area contributed by atoms with Gasteiger partial charge in [-0.05, 0) is 49.7 Å². The van der Waals surface area contributed by atoms with Gasteiger partial charge in [0.2, 0.25) is 5.91 Å². The van der Waals surface area contributed by atoms with Crippen LogP contribution in [0, 0.1) is 5.92 Å². The average Bonchev–Trinajstić information content (AvgIpc) is 2.68. The molecule has 0 aliphatic carbocycles. The van der Waals surface area contributed by atoms with E-state index in [-0.39, 0.29) is 11.8 Å². The molecular formula is C20H22N2O2S. The van der Waals surface area contributed by atoms with Crippen LogP contribution in [0.5, 0.6) is 5.75 Å². The third-order valence-electron chi connectivity index (χ3n) is 4.69. The van der Waals surface area contributed by atoms with Gasteiger partial charge in [0.1, 0.15) is 12.4 Å². The quantitative estimate of drug-likeness (QED) is 0.915. The molecule has 2 aliphatic heterocycles. The Bertz CT molecular complexity index is 745. The molecule has 0 saturated carbocycles. The molecular weight excluding hydrogens is 332 g/mol. The van der Waals surface area contributed by atoms with E-state index in [9.17, 15) is 4.79 Å². The van der Waals surface area contributed by atoms with E-state index >= 15 is 0 Å². The monoisotopic (exact) mass is 354 g/mol. The Morgan fingerprint density at radius 2 is 2.04 bits per heavy atom. The van der Waals surface area contributed by atoms with E-state index < -0.39 is 0 Å². The molecule has 4 nitrogen and oxygen atoms in total. The van der Waals surface area contributed by atoms with E-state index in [1.807, 2.05) is 35.2 Å². The van der Waals surface area contributed by atoms with Gasteiger partial charge in [-0.2, -0.15) is 0 Å². The van der Waals surface area contributed by atoms with Crippen LogP contribution in [0.1, 0.15) is 12.8 Å². The molecule has 2 aromatic carbocycles. The van der Waals surface area contributed by atoms with Crippen LogP contribution < -0.4 is 15.0 Å². The first kappa shape index (κ1) is 16.5. The molecule has 0 radical (unpaired) electrons. The van der Waals surface area contributed by atoms with Crippen molar-refractivity contribution in [1.29, 1.82) is 0 Å². The molecule has 2 aromatic rings. The van der Waals surface area contributed by atoms with Crippen molar-refractivity contribution in [1.82, 2.24) is 5.32 Å². The predicted octanol–water partition coefficient (Wildman–Crippen LogP) is 3.56. The SMILES string of the molecule is O=C(C1CCCNC1)N1CCOc2cc(Sc3ccccc3)ccc21. The molecule has 1 amide bonds. The molecule has 4 rings (SSSR count). The molecule has 1 N–H and O–H groups in total. The Kier molecular flexibility index (Phi) is 4.95. The number of rotatable bonds is 3. The van der Waals surface area contributed by atoms with Gasteiger partial charge in [-0.25, -0.2) is 0 Å². The van der Waals surface area contributed by atoms with Crippen LogP contribution in [-0.4, -0.2) is 32.1 Å². The number of hydrogen-bond donors (Lipinski definition) is 1. The summed E-state index contributed by atoms with van der Waals surface area (Å²) >= 11 is 1.70. The number of carbonyl (C=O) groups is 1. The molecule has 1 fully saturated rings. The molecule has 1 atom stereocenters. The highest BCUT2D eigenvalue weighted by atomic mass is 32.2. The number of nitrogens with zero attached hydrogens (tertiary/aromatic N) is 1. The first-order valence-electron chi connectivity index (χ1n) is 8.83. The van der Waals surface area contributed by atoms with Gasteiger partial charge in [-0.1, -0.05) is 30.0 Å². The van der Waals surface area contributed by atoms with Gasteiger partial charge in [-0.15, -0.1) is 0 Å². The largest absolute Gasteiger partial charge is 0.489 e. The van der Waals surface area contributed by atoms with E-state index in [1.54, 1.807) is 11.8 Å². The number of nitrogens with one attached hydrogen (secondary N) is 1. The zero-order valence-corrected chi connectivity index (χ0v) is 14.9. The fourth-order valence-electron chi connectivity index (χ4n) is 3.40. The third kappa shape index (κ3) is 3.67. The number of anilines is 1. The zero-order chi connectivity index (χ0) is 17.1. The van der Waals surface area contributed by atoms with Crippen LogP contribution in [0.25, 0.3) is 0 Å². The topological polar surface area (TPSA) is 41.6 Å². The fourth-order valence-corrected chi connectivity index (χ4v) is 4.27. The Morgan fingerprint density at radius 3 is 2.84 bits per heavy atom. The summed E-state index contributed by atoms with van der Waals surface area (Å²) in [6.07, 6.45) is 2.04. The molecule has 1 unspecified atom stereocenters. The maximum atomic E-state index is 12.9. The molecule has 0 bridgehead atoms. The lowest BCUT2D eigenvalue weighted by atomic mass is 9.97. The summed E-state index contributed by atoms with van der Waals surface area (Å²) in [5.41, 5.74) is 0.902. The van der Waals surface area contributed by atoms with E-state index in [0.717, 1.165) is 42.3 Å². The highest BCUT2D eigenvalue weighted by Crippen LogP contribution is 2.38. The number of hydrogen-bond acceptors (Lipinski definition) is 4. The molecule has 5 heteroatoms. The van der Waals surface area contributed by atoms with Crippen molar-refractivity contribution in [3.05, 3.63) is 48.5 Å². The van der Waals surface area contributed by atoms with Crippen molar-refractivity contribution in [3.8, 4) is 5.75 Å². The predicted molar refractivity (Wildman–Crippen MR) is 100 cm³/mol. The maximum absolute atomic E-state index is 12.9. The van der Waals surface area contributed by atoms with E-state index in [4.69, 9.17) is 4.74 Å². The summed E-state index contributed by atoms with van der Waals surface area (Å²) in [6, 6.07) is 16.4. The van der Waals surface area contributed by atoms with Crippen molar-refractivity contribution in [2.24, 2.45) is 5.92 Å². The number of piperidine rings is 1. The lowest BCUT2D eigenvalue weighted by Gasteiger charge is -2.33. The molecule has 0 aromatic heterocycles. The molecule has 2 heterocycles. The smallest absolute Gasteiger partial charge is 0.231 e. The minimum absolute atomic E-state index is 0.0815. The van der Waals surface area contributed by atoms with E-state index in [1.165, 1.54) is 4.90 Å². The van der Waals surface area contributed by atoms with Gasteiger partial charge in [0, 0.05) is 16.3 Å². The minimum Gasteiger partial charge on any atom is -0.489 e. The maximum Gasteiger partial charge on any atom is 0.231 e. The standard InChI is InChI=1S/C20H22N2O2S/c23-20(15-5-4-10-21-14-15)22-11-12-24-19-13-17(8-9-18(19)22)25-16-6-2-1-3-7-16/h1-3,6-9,13,15,21H,4-5,10-12,14H2. The lowest BCUT2D eigenvalue weighted by Crippen LogP contribution is -2.46. The first-order chi connectivity index (χ1) is 12.3. The highest BCUT2D eigenvalue weighted by Gasteiger charge is 2.30. The summed E-state index contributed by atoms with van der Waals surface area (Å²) in [5.74, 6) is 1.11. The zero-order valence-electron chi connectivity index (χ0n) is 14.1. The van der Waals surface area contributed by atoms with Crippen molar-refractivity contribution in [3.63, 3.8) is 0 Å². The van der Waals surface area contributed by atoms with Crippen LogP contribution in [0.15, 0.2) is 58.3 Å². The Balaban J connectivity index is 1.54. The van der Waals surface area contributed by atoms with Crippen molar-refractivity contribution < 1.29 is 9.53 Å². The van der Waals surface area contributed by atoms with Crippen molar-refractivity contribution >= 4 is 23.4 Å². The third-order valence-corrected chi connectivity index (χ3v) is 5.68. The Labute approximate surface area is 152 Å². The highest BCUT2D eigenvalue weighted by molar-refractivity contribution is 7.99. The normalized spacial score (nSPS) is 19.8. The summed E-state index contributed by atoms with van der Waals surface area (Å²) in [6.45, 7) is 2.99. The van der Waals surface area contributed by atoms with Crippen LogP contribution >= 0.6 is 11.8 Å². The Morgan fingerprint density at radius 1 is 1.16 bits per heavy atom. The fraction of sp³-hybridized carbons (Fsp3) is 0.350. The summed E-state index contributed by atoms with van der Waals surface area (Å²) in [7, 11) is 0. The number of benzene rings is 2. The van der Waals surface area contributed by atoms with Crippen molar-refractivity contribution in [2.75, 3.05) is 31.1 Å². The average molecular weight is 354 g/mol. The molecule has 2 aliphatic rings. The number of fused-ring (bicyclic) bond motifs is 1. The van der Waals surface area contributed by atoms with Crippen molar-refractivity contribution in [2.45, 2.75) is 22.6 Å². The summed E-state index contributed by atoms with van der Waals surface area (Å²) in [5, 5.41) is 3.33. The van der Waals surface area contributed by atoms with Gasteiger partial charge in [-0.3, -0.25) is 4.79 Å². The number of amides is 1. The van der Waals surface area contributed by atoms with Gasteiger partial charge in [0.15, 0.2) is 0 Å². The minimum atomic E-state index is 0.0815. The van der Waals surface area contributed by atoms with Crippen LogP contribution in [0.3, 0.4) is 0 Å². The van der Waals surface area contributed by atoms with Crippen LogP contribution in [0.2, 0.25) is 0 Å². The summed E-state index contributed by atoms with van der Waals surface area (Å²) in [4.78, 5) is 17.1.